The largest absolute Gasteiger partial charge is 0.416 e. The number of alkyl halides is 3. The molecule has 0 aliphatic heterocycles. The lowest BCUT2D eigenvalue weighted by Gasteiger charge is -2.17. The Labute approximate surface area is 110 Å². The first-order valence-corrected chi connectivity index (χ1v) is 6.01. The first-order valence-electron chi connectivity index (χ1n) is 6.01. The minimum Gasteiger partial charge on any atom is -0.265 e. The molecule has 0 atom stereocenters. The average molecular weight is 265 g/mol. The van der Waals surface area contributed by atoms with Crippen LogP contribution in [0.25, 0.3) is 11.1 Å². The van der Waals surface area contributed by atoms with Crippen LogP contribution in [0.5, 0.6) is 0 Å². The Bertz CT molecular complexity index is 559. The molecule has 4 heteroatoms. The predicted octanol–water partition coefficient (Wildman–Crippen LogP) is 4.89. The Morgan fingerprint density at radius 3 is 2.11 bits per heavy atom. The zero-order valence-corrected chi connectivity index (χ0v) is 10.7. The maximum absolute atomic E-state index is 13.1. The fourth-order valence-corrected chi connectivity index (χ4v) is 2.03. The van der Waals surface area contributed by atoms with E-state index in [-0.39, 0.29) is 5.92 Å². The molecule has 0 aliphatic rings. The van der Waals surface area contributed by atoms with Gasteiger partial charge in [0.2, 0.25) is 0 Å². The summed E-state index contributed by atoms with van der Waals surface area (Å²) in [5.74, 6) is -0.164. The van der Waals surface area contributed by atoms with Crippen molar-refractivity contribution in [1.82, 2.24) is 4.98 Å². The molecule has 0 saturated carbocycles. The molecule has 1 heterocycles. The lowest BCUT2D eigenvalue weighted by molar-refractivity contribution is -0.138. The molecule has 100 valence electrons. The summed E-state index contributed by atoms with van der Waals surface area (Å²) in [4.78, 5) is 3.87. The van der Waals surface area contributed by atoms with Crippen molar-refractivity contribution in [3.8, 4) is 11.1 Å². The highest BCUT2D eigenvalue weighted by Gasteiger charge is 2.34. The summed E-state index contributed by atoms with van der Waals surface area (Å²) in [7, 11) is 0. The third kappa shape index (κ3) is 2.95. The summed E-state index contributed by atoms with van der Waals surface area (Å²) < 4.78 is 39.3. The Hall–Kier alpha value is -1.84. The summed E-state index contributed by atoms with van der Waals surface area (Å²) in [6.45, 7) is 3.52. The summed E-state index contributed by atoms with van der Waals surface area (Å²) in [6, 6.07) is 7.89. The quantitative estimate of drug-likeness (QED) is 0.753. The van der Waals surface area contributed by atoms with E-state index in [1.807, 2.05) is 0 Å². The Morgan fingerprint density at radius 2 is 1.58 bits per heavy atom. The molecule has 0 aliphatic carbocycles. The second kappa shape index (κ2) is 5.03. The molecule has 2 aromatic rings. The van der Waals surface area contributed by atoms with E-state index in [0.717, 1.165) is 5.56 Å². The van der Waals surface area contributed by atoms with Crippen LogP contribution in [0.4, 0.5) is 13.2 Å². The van der Waals surface area contributed by atoms with E-state index in [9.17, 15) is 13.2 Å². The number of aromatic nitrogens is 1. The van der Waals surface area contributed by atoms with Crippen LogP contribution in [0.1, 0.15) is 30.9 Å². The average Bonchev–Trinajstić information content (AvgIpc) is 2.38. The number of hydrogen-bond donors (Lipinski definition) is 0. The first kappa shape index (κ1) is 13.6. The monoisotopic (exact) mass is 265 g/mol. The summed E-state index contributed by atoms with van der Waals surface area (Å²) >= 11 is 0. The van der Waals surface area contributed by atoms with Gasteiger partial charge in [0.1, 0.15) is 0 Å². The van der Waals surface area contributed by atoms with Crippen LogP contribution >= 0.6 is 0 Å². The second-order valence-corrected chi connectivity index (χ2v) is 4.69. The molecule has 0 N–H and O–H groups in total. The minimum absolute atomic E-state index is 0.164. The van der Waals surface area contributed by atoms with Crippen LogP contribution in [0.15, 0.2) is 42.7 Å². The maximum Gasteiger partial charge on any atom is 0.416 e. The summed E-state index contributed by atoms with van der Waals surface area (Å²) in [6.07, 6.45) is -1.19. The molecule has 1 aromatic carbocycles. The molecular weight excluding hydrogens is 251 g/mol. The molecule has 0 unspecified atom stereocenters. The fourth-order valence-electron chi connectivity index (χ4n) is 2.03. The molecular formula is C15H14F3N. The zero-order chi connectivity index (χ0) is 14.0. The second-order valence-electron chi connectivity index (χ2n) is 4.69. The van der Waals surface area contributed by atoms with Gasteiger partial charge in [0.25, 0.3) is 0 Å². The van der Waals surface area contributed by atoms with Crippen molar-refractivity contribution in [1.29, 1.82) is 0 Å². The van der Waals surface area contributed by atoms with Crippen molar-refractivity contribution in [3.63, 3.8) is 0 Å². The topological polar surface area (TPSA) is 12.9 Å². The van der Waals surface area contributed by atoms with Crippen LogP contribution in [0.2, 0.25) is 0 Å². The Balaban J connectivity index is 2.57. The molecule has 0 spiro atoms. The van der Waals surface area contributed by atoms with E-state index in [4.69, 9.17) is 0 Å². The van der Waals surface area contributed by atoms with E-state index in [0.29, 0.717) is 11.1 Å². The van der Waals surface area contributed by atoms with Crippen molar-refractivity contribution in [2.45, 2.75) is 25.9 Å². The van der Waals surface area contributed by atoms with Crippen LogP contribution in [0, 0.1) is 0 Å². The van der Waals surface area contributed by atoms with E-state index in [1.165, 1.54) is 6.07 Å². The predicted molar refractivity (Wildman–Crippen MR) is 68.8 cm³/mol. The zero-order valence-electron chi connectivity index (χ0n) is 10.7. The van der Waals surface area contributed by atoms with Gasteiger partial charge in [0, 0.05) is 12.4 Å². The number of nitrogens with zero attached hydrogens (tertiary/aromatic N) is 1. The fraction of sp³-hybridized carbons (Fsp3) is 0.267. The maximum atomic E-state index is 13.1. The van der Waals surface area contributed by atoms with E-state index in [2.05, 4.69) is 4.98 Å². The van der Waals surface area contributed by atoms with Crippen LogP contribution < -0.4 is 0 Å². The van der Waals surface area contributed by atoms with Crippen molar-refractivity contribution >= 4 is 0 Å². The molecule has 0 radical (unpaired) electrons. The van der Waals surface area contributed by atoms with Gasteiger partial charge in [-0.15, -0.1) is 0 Å². The first-order chi connectivity index (χ1) is 8.89. The lowest BCUT2D eigenvalue weighted by atomic mass is 9.93. The third-order valence-electron chi connectivity index (χ3n) is 2.99. The molecule has 19 heavy (non-hydrogen) atoms. The number of pyridine rings is 1. The van der Waals surface area contributed by atoms with E-state index >= 15 is 0 Å². The van der Waals surface area contributed by atoms with Crippen molar-refractivity contribution in [2.75, 3.05) is 0 Å². The molecule has 0 bridgehead atoms. The van der Waals surface area contributed by atoms with Crippen molar-refractivity contribution in [3.05, 3.63) is 53.9 Å². The number of hydrogen-bond acceptors (Lipinski definition) is 1. The van der Waals surface area contributed by atoms with Gasteiger partial charge in [0.05, 0.1) is 5.56 Å². The van der Waals surface area contributed by atoms with Gasteiger partial charge in [-0.25, -0.2) is 0 Å². The van der Waals surface area contributed by atoms with Crippen LogP contribution in [-0.2, 0) is 6.18 Å². The third-order valence-corrected chi connectivity index (χ3v) is 2.99. The molecule has 2 rings (SSSR count). The molecule has 0 saturated heterocycles. The van der Waals surface area contributed by atoms with Gasteiger partial charge < -0.3 is 0 Å². The summed E-state index contributed by atoms with van der Waals surface area (Å²) in [5.41, 5.74) is 1.05. The SMILES string of the molecule is CC(C)c1ccc(-c2ccncc2)cc1C(F)(F)F. The summed E-state index contributed by atoms with van der Waals surface area (Å²) in [5, 5.41) is 0. The highest BCUT2D eigenvalue weighted by atomic mass is 19.4. The number of rotatable bonds is 2. The van der Waals surface area contributed by atoms with E-state index < -0.39 is 11.7 Å². The van der Waals surface area contributed by atoms with Crippen LogP contribution in [-0.4, -0.2) is 4.98 Å². The molecule has 1 aromatic heterocycles. The highest BCUT2D eigenvalue weighted by molar-refractivity contribution is 5.64. The van der Waals surface area contributed by atoms with Gasteiger partial charge in [-0.2, -0.15) is 13.2 Å². The number of benzene rings is 1. The highest BCUT2D eigenvalue weighted by Crippen LogP contribution is 2.37. The normalized spacial score (nSPS) is 11.9. The minimum atomic E-state index is -4.33. The Morgan fingerprint density at radius 1 is 0.947 bits per heavy atom. The van der Waals surface area contributed by atoms with Gasteiger partial charge in [-0.05, 0) is 40.8 Å². The van der Waals surface area contributed by atoms with E-state index in [1.54, 1.807) is 50.5 Å². The molecule has 1 nitrogen and oxygen atoms in total. The van der Waals surface area contributed by atoms with Gasteiger partial charge in [-0.3, -0.25) is 4.98 Å². The van der Waals surface area contributed by atoms with Crippen molar-refractivity contribution in [2.24, 2.45) is 0 Å². The lowest BCUT2D eigenvalue weighted by Crippen LogP contribution is -2.10. The van der Waals surface area contributed by atoms with Gasteiger partial charge in [-0.1, -0.05) is 26.0 Å². The van der Waals surface area contributed by atoms with Gasteiger partial charge in [0.15, 0.2) is 0 Å². The standard InChI is InChI=1S/C15H14F3N/c1-10(2)13-4-3-12(9-14(13)15(16,17)18)11-5-7-19-8-6-11/h3-10H,1-2H3. The molecule has 0 fully saturated rings. The molecule has 0 amide bonds. The van der Waals surface area contributed by atoms with Crippen LogP contribution in [0.3, 0.4) is 0 Å². The van der Waals surface area contributed by atoms with Gasteiger partial charge >= 0.3 is 6.18 Å². The number of halogens is 3. The smallest absolute Gasteiger partial charge is 0.265 e. The van der Waals surface area contributed by atoms with Crippen molar-refractivity contribution < 1.29 is 13.2 Å². The Kier molecular flexibility index (Phi) is 3.60.